The van der Waals surface area contributed by atoms with Crippen LogP contribution in [-0.4, -0.2) is 0 Å². The molecule has 0 aliphatic heterocycles. The zero-order chi connectivity index (χ0) is 10.8. The number of rotatable bonds is 0. The third-order valence-corrected chi connectivity index (χ3v) is 0. The second kappa shape index (κ2) is 223. The van der Waals surface area contributed by atoms with Gasteiger partial charge >= 0.3 is 19.5 Å². The molecule has 0 atom stereocenters. The molecule has 0 unspecified atom stereocenters. The van der Waals surface area contributed by atoms with Crippen LogP contribution >= 0.6 is 0 Å². The molecule has 0 heterocycles. The van der Waals surface area contributed by atoms with Crippen LogP contribution in [0.15, 0.2) is 0 Å². The molecule has 13 heteroatoms. The van der Waals surface area contributed by atoms with Gasteiger partial charge in [0.15, 0.2) is 0 Å². The van der Waals surface area contributed by atoms with E-state index in [2.05, 4.69) is 0 Å². The fraction of sp³-hybridized carbons (Fsp3) is 0. The molecule has 12 nitrogen and oxygen atoms in total. The molecule has 0 aromatic heterocycles. The van der Waals surface area contributed by atoms with Crippen LogP contribution in [0.5, 0.6) is 0 Å². The summed E-state index contributed by atoms with van der Waals surface area (Å²) in [6.45, 7) is 0. The Kier molecular flexibility index (Phi) is 528. The van der Waals surface area contributed by atoms with Crippen molar-refractivity contribution in [1.82, 2.24) is 0 Å². The van der Waals surface area contributed by atoms with Crippen molar-refractivity contribution in [3.05, 3.63) is 63.9 Å². The summed E-state index contributed by atoms with van der Waals surface area (Å²) in [5.74, 6) is 0. The largest absolute Gasteiger partial charge is 4.00 e. The Hall–Kier alpha value is -2.14. The van der Waals surface area contributed by atoms with Crippen LogP contribution in [0.2, 0.25) is 0 Å². The Morgan fingerprint density at radius 3 is 0.385 bits per heavy atom. The third kappa shape index (κ3) is 134. The van der Waals surface area contributed by atoms with E-state index in [1.807, 2.05) is 0 Å². The van der Waals surface area contributed by atoms with Crippen LogP contribution in [0.25, 0.3) is 63.9 Å². The van der Waals surface area contributed by atoms with Gasteiger partial charge in [-0.2, -0.15) is 0 Å². The molecule has 0 spiro atoms. The van der Waals surface area contributed by atoms with Crippen molar-refractivity contribution in [1.29, 1.82) is 0 Å². The van der Waals surface area contributed by atoms with Crippen molar-refractivity contribution < 1.29 is 19.5 Å². The minimum absolute atomic E-state index is 0. The maximum atomic E-state index is 6.75. The van der Waals surface area contributed by atoms with Crippen LogP contribution in [-0.2, 0) is 19.5 Å². The van der Waals surface area contributed by atoms with E-state index in [1.54, 1.807) is 0 Å². The Morgan fingerprint density at radius 1 is 0.385 bits per heavy atom. The molecule has 0 aromatic rings. The average molecular weight is 269 g/mol. The van der Waals surface area contributed by atoms with Gasteiger partial charge in [-0.25, -0.2) is 0 Å². The molecule has 0 saturated heterocycles. The fourth-order valence-corrected chi connectivity index (χ4v) is 0. The summed E-state index contributed by atoms with van der Waals surface area (Å²) in [7, 11) is 0. The van der Waals surface area contributed by atoms with Crippen LogP contribution in [0.3, 0.4) is 0 Å². The van der Waals surface area contributed by atoms with E-state index in [0.717, 1.165) is 0 Å². The molecule has 0 N–H and O–H groups in total. The second-order valence-corrected chi connectivity index (χ2v) is 0.358. The second-order valence-electron chi connectivity index (χ2n) is 0.358. The first-order valence-corrected chi connectivity index (χ1v) is 1.60. The van der Waals surface area contributed by atoms with Gasteiger partial charge in [-0.3, -0.25) is 19.6 Å². The Labute approximate surface area is 84.0 Å². The first-order valence-electron chi connectivity index (χ1n) is 1.60. The molecule has 0 amide bonds. The van der Waals surface area contributed by atoms with E-state index < -0.39 is 0 Å². The van der Waals surface area contributed by atoms with Crippen molar-refractivity contribution in [3.8, 4) is 0 Å². The van der Waals surface area contributed by atoms with Gasteiger partial charge in [0.1, 0.15) is 0 Å². The van der Waals surface area contributed by atoms with Gasteiger partial charge in [0, 0.05) is 0 Å². The molecule has 0 fully saturated rings. The van der Waals surface area contributed by atoms with E-state index >= 15 is 0 Å². The monoisotopic (exact) mass is 270 g/mol. The van der Waals surface area contributed by atoms with Gasteiger partial charge in [0.05, 0.1) is 0 Å². The molecule has 0 aliphatic rings. The molecular weight excluding hydrogens is 269 g/mol. The first kappa shape index (κ1) is 30.7. The third-order valence-electron chi connectivity index (χ3n) is 0. The summed E-state index contributed by atoms with van der Waals surface area (Å²) in [6, 6.07) is 0. The van der Waals surface area contributed by atoms with Crippen molar-refractivity contribution in [2.24, 2.45) is 0 Å². The average Bonchev–Trinajstić information content (AvgIpc) is 1.92. The SMILES string of the molecule is [N-]=[N+]=[N-].[N-]=[N+]=[N-].[N-]=[N+]=[N-].[N-]=[N+]=[N-].[Ru+4]. The van der Waals surface area contributed by atoms with E-state index in [-0.39, 0.29) is 19.5 Å². The fourth-order valence-electron chi connectivity index (χ4n) is 0. The van der Waals surface area contributed by atoms with Gasteiger partial charge in [0.25, 0.3) is 0 Å². The van der Waals surface area contributed by atoms with Crippen LogP contribution in [0, 0.1) is 0 Å². The molecule has 0 bridgehead atoms. The zero-order valence-corrected chi connectivity index (χ0v) is 7.46. The molecule has 0 aliphatic carbocycles. The van der Waals surface area contributed by atoms with Crippen molar-refractivity contribution in [3.63, 3.8) is 0 Å². The van der Waals surface area contributed by atoms with Gasteiger partial charge in [-0.15, -0.1) is 0 Å². The maximum Gasteiger partial charge on any atom is 4.00 e. The Balaban J connectivity index is -0.0000000213. The van der Waals surface area contributed by atoms with E-state index in [4.69, 9.17) is 44.2 Å². The molecule has 68 valence electrons. The number of hydrogen-bond acceptors (Lipinski definition) is 0. The smallest absolute Gasteiger partial charge is 0.373 e. The summed E-state index contributed by atoms with van der Waals surface area (Å²) in [5, 5.41) is 0. The maximum absolute atomic E-state index is 6.75. The van der Waals surface area contributed by atoms with E-state index in [9.17, 15) is 0 Å². The van der Waals surface area contributed by atoms with Crippen molar-refractivity contribution in [2.45, 2.75) is 0 Å². The Morgan fingerprint density at radius 2 is 0.385 bits per heavy atom. The summed E-state index contributed by atoms with van der Waals surface area (Å²) in [5.41, 5.74) is 54.0. The normalized spacial score (nSPS) is 2.46. The summed E-state index contributed by atoms with van der Waals surface area (Å²) < 4.78 is 0. The predicted molar refractivity (Wildman–Crippen MR) is 40.3 cm³/mol. The summed E-state index contributed by atoms with van der Waals surface area (Å²) in [4.78, 5) is 6.00. The topological polar surface area (TPSA) is 235 Å². The standard InChI is InChI=1S/4N3.Ru/c4*1-3-2;/q4*-1;+4. The number of nitrogens with zero attached hydrogens (tertiary/aromatic N) is 12. The zero-order valence-electron chi connectivity index (χ0n) is 5.72. The van der Waals surface area contributed by atoms with Gasteiger partial charge in [-0.1, -0.05) is 0 Å². The predicted octanol–water partition coefficient (Wildman–Crippen LogP) is 3.46. The van der Waals surface area contributed by atoms with Crippen molar-refractivity contribution >= 4 is 0 Å². The van der Waals surface area contributed by atoms with E-state index in [0.29, 0.717) is 0 Å². The number of hydrogen-bond donors (Lipinski definition) is 0. The Bertz CT molecular complexity index is 137. The van der Waals surface area contributed by atoms with Crippen molar-refractivity contribution in [2.75, 3.05) is 0 Å². The van der Waals surface area contributed by atoms with Gasteiger partial charge in [-0.05, 0) is 0 Å². The molecule has 0 radical (unpaired) electrons. The van der Waals surface area contributed by atoms with Gasteiger partial charge < -0.3 is 44.2 Å². The quantitative estimate of drug-likeness (QED) is 0.265. The molecular formula is N12Ru. The molecule has 0 saturated carbocycles. The summed E-state index contributed by atoms with van der Waals surface area (Å²) >= 11 is 0. The minimum Gasteiger partial charge on any atom is -0.373 e. The summed E-state index contributed by atoms with van der Waals surface area (Å²) in [6.07, 6.45) is 0. The minimum atomic E-state index is 0. The molecule has 13 heavy (non-hydrogen) atoms. The van der Waals surface area contributed by atoms with Crippen LogP contribution in [0.4, 0.5) is 0 Å². The molecule has 0 aromatic carbocycles. The van der Waals surface area contributed by atoms with Gasteiger partial charge in [0.2, 0.25) is 0 Å². The van der Waals surface area contributed by atoms with Crippen LogP contribution < -0.4 is 0 Å². The van der Waals surface area contributed by atoms with E-state index in [1.165, 1.54) is 19.6 Å². The molecule has 0 rings (SSSR count). The van der Waals surface area contributed by atoms with Crippen LogP contribution in [0.1, 0.15) is 0 Å². The first-order chi connectivity index (χ1) is 5.66.